The zero-order chi connectivity index (χ0) is 16.7. The number of nitrogens with two attached hydrogens (primary N) is 1. The highest BCUT2D eigenvalue weighted by atomic mass is 32.1. The van der Waals surface area contributed by atoms with Crippen LogP contribution in [0.15, 0.2) is 23.6 Å². The van der Waals surface area contributed by atoms with Crippen molar-refractivity contribution in [2.75, 3.05) is 17.8 Å². The molecule has 3 N–H and O–H groups in total. The fourth-order valence-electron chi connectivity index (χ4n) is 2.29. The first-order valence-electron chi connectivity index (χ1n) is 7.00. The number of aryl methyl sites for hydroxylation is 1. The topological polar surface area (TPSA) is 99.4 Å². The van der Waals surface area contributed by atoms with Crippen LogP contribution < -0.4 is 20.5 Å². The highest BCUT2D eigenvalue weighted by molar-refractivity contribution is 7.19. The van der Waals surface area contributed by atoms with Crippen molar-refractivity contribution in [3.05, 3.63) is 34.8 Å². The molecule has 0 saturated heterocycles. The number of amides is 1. The Labute approximate surface area is 145 Å². The van der Waals surface area contributed by atoms with E-state index in [1.807, 2.05) is 12.3 Å². The second kappa shape index (κ2) is 5.77. The number of nitrogens with one attached hydrogen (secondary N) is 1. The Kier molecular flexibility index (Phi) is 3.58. The molecule has 24 heavy (non-hydrogen) atoms. The van der Waals surface area contributed by atoms with E-state index in [1.165, 1.54) is 22.7 Å². The van der Waals surface area contributed by atoms with E-state index in [9.17, 15) is 4.79 Å². The Balaban J connectivity index is 1.56. The van der Waals surface area contributed by atoms with Crippen molar-refractivity contribution in [3.63, 3.8) is 0 Å². The van der Waals surface area contributed by atoms with Crippen LogP contribution in [0.5, 0.6) is 11.5 Å². The van der Waals surface area contributed by atoms with Crippen LogP contribution in [0.1, 0.15) is 16.1 Å². The van der Waals surface area contributed by atoms with Gasteiger partial charge in [0.2, 0.25) is 6.79 Å². The predicted molar refractivity (Wildman–Crippen MR) is 92.9 cm³/mol. The van der Waals surface area contributed by atoms with E-state index in [0.29, 0.717) is 27.3 Å². The lowest BCUT2D eigenvalue weighted by atomic mass is 10.2. The summed E-state index contributed by atoms with van der Waals surface area (Å²) in [6, 6.07) is 5.05. The van der Waals surface area contributed by atoms with Gasteiger partial charge in [0.25, 0.3) is 5.91 Å². The average Bonchev–Trinajstić information content (AvgIpc) is 3.26. The summed E-state index contributed by atoms with van der Waals surface area (Å²) in [4.78, 5) is 21.9. The summed E-state index contributed by atoms with van der Waals surface area (Å²) < 4.78 is 10.5. The lowest BCUT2D eigenvalue weighted by molar-refractivity contribution is 0.102. The number of carbonyl (C=O) groups is 1. The third kappa shape index (κ3) is 2.68. The monoisotopic (exact) mass is 360 g/mol. The standard InChI is InChI=1S/C15H12N4O3S2/c1-7-12(9-5-23-14(16)18-9)24-15(17-7)19-13(20)8-2-3-10-11(4-8)22-6-21-10/h2-5H,6H2,1H3,(H2,16,18)(H,17,19,20). The van der Waals surface area contributed by atoms with Crippen molar-refractivity contribution in [2.24, 2.45) is 0 Å². The molecule has 1 amide bonds. The lowest BCUT2D eigenvalue weighted by Crippen LogP contribution is -2.11. The van der Waals surface area contributed by atoms with E-state index in [1.54, 1.807) is 18.2 Å². The molecule has 0 fully saturated rings. The van der Waals surface area contributed by atoms with E-state index >= 15 is 0 Å². The summed E-state index contributed by atoms with van der Waals surface area (Å²) in [6.45, 7) is 2.05. The van der Waals surface area contributed by atoms with Gasteiger partial charge in [0.15, 0.2) is 21.8 Å². The molecule has 3 heterocycles. The van der Waals surface area contributed by atoms with E-state index < -0.39 is 0 Å². The number of hydrogen-bond acceptors (Lipinski definition) is 8. The Hall–Kier alpha value is -2.65. The Morgan fingerprint density at radius 3 is 2.92 bits per heavy atom. The van der Waals surface area contributed by atoms with Gasteiger partial charge in [-0.2, -0.15) is 0 Å². The van der Waals surface area contributed by atoms with Gasteiger partial charge in [-0.05, 0) is 25.1 Å². The molecule has 2 aromatic heterocycles. The number of ether oxygens (including phenoxy) is 2. The second-order valence-electron chi connectivity index (χ2n) is 5.03. The smallest absolute Gasteiger partial charge is 0.257 e. The van der Waals surface area contributed by atoms with Gasteiger partial charge in [-0.3, -0.25) is 10.1 Å². The molecule has 4 rings (SSSR count). The maximum Gasteiger partial charge on any atom is 0.257 e. The Morgan fingerprint density at radius 1 is 1.29 bits per heavy atom. The minimum Gasteiger partial charge on any atom is -0.454 e. The van der Waals surface area contributed by atoms with Crippen molar-refractivity contribution in [1.29, 1.82) is 0 Å². The summed E-state index contributed by atoms with van der Waals surface area (Å²) in [7, 11) is 0. The number of nitrogen functional groups attached to an aromatic ring is 1. The molecule has 9 heteroatoms. The molecule has 0 atom stereocenters. The van der Waals surface area contributed by atoms with Crippen LogP contribution >= 0.6 is 22.7 Å². The summed E-state index contributed by atoms with van der Waals surface area (Å²) in [6.07, 6.45) is 0. The van der Waals surface area contributed by atoms with E-state index in [2.05, 4.69) is 15.3 Å². The highest BCUT2D eigenvalue weighted by Crippen LogP contribution is 2.35. The molecule has 0 radical (unpaired) electrons. The molecule has 7 nitrogen and oxygen atoms in total. The first-order valence-corrected chi connectivity index (χ1v) is 8.69. The molecular weight excluding hydrogens is 348 g/mol. The second-order valence-corrected chi connectivity index (χ2v) is 6.92. The summed E-state index contributed by atoms with van der Waals surface area (Å²) in [5.41, 5.74) is 7.72. The Bertz CT molecular complexity index is 935. The first-order chi connectivity index (χ1) is 11.6. The maximum absolute atomic E-state index is 12.4. The number of anilines is 2. The summed E-state index contributed by atoms with van der Waals surface area (Å²) >= 11 is 2.74. The predicted octanol–water partition coefficient (Wildman–Crippen LogP) is 3.14. The maximum atomic E-state index is 12.4. The summed E-state index contributed by atoms with van der Waals surface area (Å²) in [5.74, 6) is 0.947. The molecule has 0 unspecified atom stereocenters. The quantitative estimate of drug-likeness (QED) is 0.744. The third-order valence-corrected chi connectivity index (χ3v) is 5.18. The zero-order valence-corrected chi connectivity index (χ0v) is 14.2. The summed E-state index contributed by atoms with van der Waals surface area (Å²) in [5, 5.41) is 5.69. The molecule has 0 spiro atoms. The van der Waals surface area contributed by atoms with Gasteiger partial charge >= 0.3 is 0 Å². The van der Waals surface area contributed by atoms with Crippen molar-refractivity contribution in [1.82, 2.24) is 9.97 Å². The fourth-order valence-corrected chi connectivity index (χ4v) is 3.84. The van der Waals surface area contributed by atoms with Crippen molar-refractivity contribution in [3.8, 4) is 22.1 Å². The van der Waals surface area contributed by atoms with Gasteiger partial charge in [-0.1, -0.05) is 11.3 Å². The molecule has 3 aromatic rings. The van der Waals surface area contributed by atoms with Crippen molar-refractivity contribution in [2.45, 2.75) is 6.92 Å². The largest absolute Gasteiger partial charge is 0.454 e. The number of rotatable bonds is 3. The first kappa shape index (κ1) is 14.9. The van der Waals surface area contributed by atoms with Gasteiger partial charge in [0.1, 0.15) is 0 Å². The minimum atomic E-state index is -0.258. The number of carbonyl (C=O) groups excluding carboxylic acids is 1. The number of hydrogen-bond donors (Lipinski definition) is 2. The van der Waals surface area contributed by atoms with Crippen LogP contribution in [0.3, 0.4) is 0 Å². The number of nitrogens with zero attached hydrogens (tertiary/aromatic N) is 2. The van der Waals surface area contributed by atoms with E-state index in [0.717, 1.165) is 16.3 Å². The average molecular weight is 360 g/mol. The van der Waals surface area contributed by atoms with Gasteiger partial charge in [0.05, 0.1) is 16.3 Å². The van der Waals surface area contributed by atoms with Gasteiger partial charge < -0.3 is 15.2 Å². The van der Waals surface area contributed by atoms with Crippen LogP contribution in [0.25, 0.3) is 10.6 Å². The zero-order valence-electron chi connectivity index (χ0n) is 12.5. The molecular formula is C15H12N4O3S2. The Morgan fingerprint density at radius 2 is 2.12 bits per heavy atom. The molecule has 0 saturated carbocycles. The van der Waals surface area contributed by atoms with E-state index in [4.69, 9.17) is 15.2 Å². The molecule has 0 bridgehead atoms. The SMILES string of the molecule is Cc1nc(NC(=O)c2ccc3c(c2)OCO3)sc1-c1csc(N)n1. The van der Waals surface area contributed by atoms with E-state index in [-0.39, 0.29) is 12.7 Å². The number of aromatic nitrogens is 2. The van der Waals surface area contributed by atoms with Crippen LogP contribution in [0.2, 0.25) is 0 Å². The molecule has 1 aliphatic heterocycles. The number of thiazole rings is 2. The lowest BCUT2D eigenvalue weighted by Gasteiger charge is -2.02. The van der Waals surface area contributed by atoms with Crippen LogP contribution in [0, 0.1) is 6.92 Å². The molecule has 1 aliphatic rings. The minimum absolute atomic E-state index is 0.173. The fraction of sp³-hybridized carbons (Fsp3) is 0.133. The van der Waals surface area contributed by atoms with Crippen LogP contribution in [-0.2, 0) is 0 Å². The number of benzene rings is 1. The van der Waals surface area contributed by atoms with Crippen molar-refractivity contribution >= 4 is 38.8 Å². The van der Waals surface area contributed by atoms with Gasteiger partial charge in [-0.25, -0.2) is 9.97 Å². The van der Waals surface area contributed by atoms with Crippen LogP contribution in [0.4, 0.5) is 10.3 Å². The normalized spacial score (nSPS) is 12.4. The van der Waals surface area contributed by atoms with Crippen LogP contribution in [-0.4, -0.2) is 22.7 Å². The molecule has 1 aromatic carbocycles. The third-order valence-electron chi connectivity index (χ3n) is 3.41. The highest BCUT2D eigenvalue weighted by Gasteiger charge is 2.18. The number of fused-ring (bicyclic) bond motifs is 1. The molecule has 122 valence electrons. The van der Waals surface area contributed by atoms with Crippen molar-refractivity contribution < 1.29 is 14.3 Å². The van der Waals surface area contributed by atoms with Gasteiger partial charge in [0, 0.05) is 10.9 Å². The van der Waals surface area contributed by atoms with Gasteiger partial charge in [-0.15, -0.1) is 11.3 Å². The molecule has 0 aliphatic carbocycles.